The molecule has 2 aromatic carbocycles. The summed E-state index contributed by atoms with van der Waals surface area (Å²) in [6.45, 7) is 2.15. The summed E-state index contributed by atoms with van der Waals surface area (Å²) in [6, 6.07) is 13.0. The van der Waals surface area contributed by atoms with Crippen LogP contribution in [0.2, 0.25) is 0 Å². The first-order valence-electron chi connectivity index (χ1n) is 8.11. The number of nitrogens with one attached hydrogen (secondary N) is 1. The molecule has 1 heterocycles. The standard InChI is InChI=1S/C19H22N4O/c20-15-4-6-16(7-5-15)22-19(24)10-3-14-13-17(8-9-18(14)21)23-11-1-2-12-23/h3-10,13H,1-2,11-12,20-21H2,(H,22,24)/b10-3-. The van der Waals surface area contributed by atoms with Crippen molar-refractivity contribution >= 4 is 34.7 Å². The largest absolute Gasteiger partial charge is 0.399 e. The van der Waals surface area contributed by atoms with Gasteiger partial charge in [0.15, 0.2) is 0 Å². The third-order valence-corrected chi connectivity index (χ3v) is 4.13. The van der Waals surface area contributed by atoms with E-state index in [2.05, 4.69) is 10.2 Å². The van der Waals surface area contributed by atoms with E-state index in [4.69, 9.17) is 11.5 Å². The van der Waals surface area contributed by atoms with Gasteiger partial charge in [-0.05, 0) is 66.9 Å². The molecule has 0 bridgehead atoms. The first-order valence-corrected chi connectivity index (χ1v) is 8.11. The van der Waals surface area contributed by atoms with E-state index in [0.717, 1.165) is 24.3 Å². The van der Waals surface area contributed by atoms with Crippen LogP contribution in [0.5, 0.6) is 0 Å². The second kappa shape index (κ2) is 7.08. The Balaban J connectivity index is 1.69. The zero-order valence-electron chi connectivity index (χ0n) is 13.5. The van der Waals surface area contributed by atoms with Gasteiger partial charge in [-0.2, -0.15) is 0 Å². The molecule has 1 saturated heterocycles. The highest BCUT2D eigenvalue weighted by atomic mass is 16.1. The highest BCUT2D eigenvalue weighted by molar-refractivity contribution is 6.02. The Labute approximate surface area is 141 Å². The molecule has 5 heteroatoms. The van der Waals surface area contributed by atoms with E-state index in [9.17, 15) is 4.79 Å². The number of hydrogen-bond acceptors (Lipinski definition) is 4. The lowest BCUT2D eigenvalue weighted by Gasteiger charge is -2.18. The lowest BCUT2D eigenvalue weighted by Crippen LogP contribution is -2.17. The van der Waals surface area contributed by atoms with Crippen molar-refractivity contribution in [1.82, 2.24) is 0 Å². The second-order valence-corrected chi connectivity index (χ2v) is 5.95. The van der Waals surface area contributed by atoms with Crippen molar-refractivity contribution in [2.45, 2.75) is 12.8 Å². The van der Waals surface area contributed by atoms with Crippen molar-refractivity contribution in [2.24, 2.45) is 0 Å². The minimum absolute atomic E-state index is 0.203. The van der Waals surface area contributed by atoms with Crippen molar-refractivity contribution in [3.8, 4) is 0 Å². The fraction of sp³-hybridized carbons (Fsp3) is 0.211. The maximum absolute atomic E-state index is 12.0. The Kier molecular flexibility index (Phi) is 4.70. The predicted molar refractivity (Wildman–Crippen MR) is 101 cm³/mol. The van der Waals surface area contributed by atoms with Crippen LogP contribution in [0.1, 0.15) is 18.4 Å². The summed E-state index contributed by atoms with van der Waals surface area (Å²) < 4.78 is 0. The Morgan fingerprint density at radius 2 is 1.75 bits per heavy atom. The molecule has 1 fully saturated rings. The van der Waals surface area contributed by atoms with E-state index in [-0.39, 0.29) is 5.91 Å². The number of hydrogen-bond donors (Lipinski definition) is 3. The fourth-order valence-electron chi connectivity index (χ4n) is 2.79. The van der Waals surface area contributed by atoms with E-state index in [0.29, 0.717) is 17.1 Å². The fourth-order valence-corrected chi connectivity index (χ4v) is 2.79. The van der Waals surface area contributed by atoms with Crippen LogP contribution in [0, 0.1) is 0 Å². The minimum Gasteiger partial charge on any atom is -0.399 e. The molecule has 5 N–H and O–H groups in total. The van der Waals surface area contributed by atoms with Crippen LogP contribution in [0.15, 0.2) is 48.5 Å². The number of amides is 1. The van der Waals surface area contributed by atoms with Gasteiger partial charge in [0.2, 0.25) is 5.91 Å². The number of benzene rings is 2. The van der Waals surface area contributed by atoms with Gasteiger partial charge < -0.3 is 21.7 Å². The van der Waals surface area contributed by atoms with Crippen LogP contribution >= 0.6 is 0 Å². The summed E-state index contributed by atoms with van der Waals surface area (Å²) in [5.74, 6) is -0.203. The van der Waals surface area contributed by atoms with Crippen molar-refractivity contribution < 1.29 is 4.79 Å². The molecule has 1 aliphatic heterocycles. The van der Waals surface area contributed by atoms with Crippen molar-refractivity contribution in [3.63, 3.8) is 0 Å². The summed E-state index contributed by atoms with van der Waals surface area (Å²) in [4.78, 5) is 14.4. The van der Waals surface area contributed by atoms with Gasteiger partial charge in [-0.25, -0.2) is 0 Å². The van der Waals surface area contributed by atoms with E-state index in [1.807, 2.05) is 18.2 Å². The molecule has 5 nitrogen and oxygen atoms in total. The first-order chi connectivity index (χ1) is 11.6. The normalized spacial score (nSPS) is 14.2. The van der Waals surface area contributed by atoms with Gasteiger partial charge in [0, 0.05) is 41.9 Å². The predicted octanol–water partition coefficient (Wildman–Crippen LogP) is 3.10. The van der Waals surface area contributed by atoms with Crippen LogP contribution < -0.4 is 21.7 Å². The van der Waals surface area contributed by atoms with E-state index in [1.165, 1.54) is 18.9 Å². The molecule has 0 aromatic heterocycles. The van der Waals surface area contributed by atoms with Gasteiger partial charge in [0.05, 0.1) is 0 Å². The topological polar surface area (TPSA) is 84.4 Å². The van der Waals surface area contributed by atoms with Gasteiger partial charge in [0.1, 0.15) is 0 Å². The minimum atomic E-state index is -0.203. The van der Waals surface area contributed by atoms with E-state index >= 15 is 0 Å². The van der Waals surface area contributed by atoms with Gasteiger partial charge in [0.25, 0.3) is 0 Å². The molecule has 0 unspecified atom stereocenters. The smallest absolute Gasteiger partial charge is 0.248 e. The average molecular weight is 322 g/mol. The lowest BCUT2D eigenvalue weighted by atomic mass is 10.1. The SMILES string of the molecule is Nc1ccc(NC(=O)/C=C\c2cc(N3CCCC3)ccc2N)cc1. The number of carbonyl (C=O) groups excluding carboxylic acids is 1. The van der Waals surface area contributed by atoms with Crippen LogP contribution in [-0.4, -0.2) is 19.0 Å². The Morgan fingerprint density at radius 1 is 1.04 bits per heavy atom. The molecule has 1 aliphatic rings. The van der Waals surface area contributed by atoms with E-state index < -0.39 is 0 Å². The van der Waals surface area contributed by atoms with E-state index in [1.54, 1.807) is 30.3 Å². The summed E-state index contributed by atoms with van der Waals surface area (Å²) in [5.41, 5.74) is 15.7. The maximum Gasteiger partial charge on any atom is 0.248 e. The quantitative estimate of drug-likeness (QED) is 0.596. The molecule has 2 aromatic rings. The summed E-state index contributed by atoms with van der Waals surface area (Å²) in [6.07, 6.45) is 5.69. The lowest BCUT2D eigenvalue weighted by molar-refractivity contribution is -0.111. The molecule has 0 atom stereocenters. The number of nitrogens with two attached hydrogens (primary N) is 2. The number of nitrogen functional groups attached to an aromatic ring is 2. The number of anilines is 4. The maximum atomic E-state index is 12.0. The van der Waals surface area contributed by atoms with Crippen LogP contribution in [0.25, 0.3) is 6.08 Å². The molecule has 0 radical (unpaired) electrons. The van der Waals surface area contributed by atoms with Crippen LogP contribution in [-0.2, 0) is 4.79 Å². The molecule has 0 saturated carbocycles. The number of rotatable bonds is 4. The summed E-state index contributed by atoms with van der Waals surface area (Å²) in [7, 11) is 0. The molecular formula is C19H22N4O. The summed E-state index contributed by atoms with van der Waals surface area (Å²) in [5, 5.41) is 2.80. The Morgan fingerprint density at radius 3 is 2.46 bits per heavy atom. The number of nitrogens with zero attached hydrogens (tertiary/aromatic N) is 1. The van der Waals surface area contributed by atoms with Gasteiger partial charge in [-0.1, -0.05) is 0 Å². The van der Waals surface area contributed by atoms with Crippen LogP contribution in [0.4, 0.5) is 22.7 Å². The zero-order valence-corrected chi connectivity index (χ0v) is 13.5. The molecule has 0 aliphatic carbocycles. The molecule has 0 spiro atoms. The van der Waals surface area contributed by atoms with Crippen molar-refractivity contribution in [1.29, 1.82) is 0 Å². The molecule has 3 rings (SSSR count). The zero-order chi connectivity index (χ0) is 16.9. The summed E-state index contributed by atoms with van der Waals surface area (Å²) >= 11 is 0. The monoisotopic (exact) mass is 322 g/mol. The van der Waals surface area contributed by atoms with Gasteiger partial charge in [-0.15, -0.1) is 0 Å². The third-order valence-electron chi connectivity index (χ3n) is 4.13. The number of carbonyl (C=O) groups is 1. The molecular weight excluding hydrogens is 300 g/mol. The third kappa shape index (κ3) is 3.87. The second-order valence-electron chi connectivity index (χ2n) is 5.95. The van der Waals surface area contributed by atoms with Crippen molar-refractivity contribution in [2.75, 3.05) is 34.8 Å². The molecule has 1 amide bonds. The Hall–Kier alpha value is -2.95. The molecule has 24 heavy (non-hydrogen) atoms. The van der Waals surface area contributed by atoms with Gasteiger partial charge in [-0.3, -0.25) is 4.79 Å². The first kappa shape index (κ1) is 15.9. The highest BCUT2D eigenvalue weighted by Gasteiger charge is 2.12. The Bertz CT molecular complexity index is 746. The molecule has 124 valence electrons. The highest BCUT2D eigenvalue weighted by Crippen LogP contribution is 2.25. The average Bonchev–Trinajstić information content (AvgIpc) is 3.11. The van der Waals surface area contributed by atoms with Crippen LogP contribution in [0.3, 0.4) is 0 Å². The van der Waals surface area contributed by atoms with Gasteiger partial charge >= 0.3 is 0 Å². The van der Waals surface area contributed by atoms with Crippen molar-refractivity contribution in [3.05, 3.63) is 54.1 Å².